The first-order valence-corrected chi connectivity index (χ1v) is 19.1. The second kappa shape index (κ2) is 14.5. The summed E-state index contributed by atoms with van der Waals surface area (Å²) in [7, 11) is -3.48. The van der Waals surface area contributed by atoms with E-state index in [1.54, 1.807) is 6.07 Å². The smallest absolute Gasteiger partial charge is 0.393 e. The van der Waals surface area contributed by atoms with E-state index in [9.17, 15) is 26.7 Å². The number of benzene rings is 2. The van der Waals surface area contributed by atoms with Crippen LogP contribution in [0.1, 0.15) is 49.0 Å². The summed E-state index contributed by atoms with van der Waals surface area (Å²) in [6, 6.07) is 10.7. The van der Waals surface area contributed by atoms with E-state index in [2.05, 4.69) is 27.4 Å². The Morgan fingerprint density at radius 3 is 2.54 bits per heavy atom. The molecule has 1 aromatic heterocycles. The topological polar surface area (TPSA) is 100 Å². The third-order valence-electron chi connectivity index (χ3n) is 9.70. The lowest BCUT2D eigenvalue weighted by atomic mass is 9.71. The van der Waals surface area contributed by atoms with E-state index in [0.29, 0.717) is 27.4 Å². The van der Waals surface area contributed by atoms with Crippen molar-refractivity contribution >= 4 is 42.6 Å². The number of alkyl halides is 3. The van der Waals surface area contributed by atoms with Gasteiger partial charge >= 0.3 is 6.18 Å². The summed E-state index contributed by atoms with van der Waals surface area (Å²) >= 11 is 1.27. The van der Waals surface area contributed by atoms with Gasteiger partial charge in [0.2, 0.25) is 0 Å². The molecule has 8 nitrogen and oxygen atoms in total. The number of anilines is 2. The van der Waals surface area contributed by atoms with Crippen molar-refractivity contribution in [3.63, 3.8) is 0 Å². The molecule has 0 unspecified atom stereocenters. The van der Waals surface area contributed by atoms with Crippen molar-refractivity contribution in [1.29, 1.82) is 0 Å². The Balaban J connectivity index is 1.14. The summed E-state index contributed by atoms with van der Waals surface area (Å²) in [4.78, 5) is 3.07. The Morgan fingerprint density at radius 2 is 1.85 bits per heavy atom. The van der Waals surface area contributed by atoms with Gasteiger partial charge < -0.3 is 25.2 Å². The number of fused-ring (bicyclic) bond motifs is 1. The van der Waals surface area contributed by atoms with Crippen LogP contribution in [-0.2, 0) is 21.0 Å². The number of thiophene rings is 1. The molecule has 3 aliphatic rings. The third-order valence-corrected chi connectivity index (χ3v) is 12.0. The monoisotopic (exact) mass is 705 g/mol. The molecule has 3 heterocycles. The highest BCUT2D eigenvalue weighted by molar-refractivity contribution is 7.90. The van der Waals surface area contributed by atoms with Crippen LogP contribution in [0.5, 0.6) is 5.75 Å². The molecule has 2 aliphatic heterocycles. The van der Waals surface area contributed by atoms with Crippen LogP contribution in [0.4, 0.5) is 24.5 Å². The van der Waals surface area contributed by atoms with Crippen molar-refractivity contribution in [2.45, 2.75) is 68.1 Å². The molecule has 2 saturated heterocycles. The van der Waals surface area contributed by atoms with Gasteiger partial charge in [-0.15, -0.1) is 11.3 Å². The van der Waals surface area contributed by atoms with E-state index in [-0.39, 0.29) is 42.0 Å². The molecule has 0 radical (unpaired) electrons. The van der Waals surface area contributed by atoms with Gasteiger partial charge in [0.1, 0.15) is 12.4 Å². The zero-order valence-electron chi connectivity index (χ0n) is 27.0. The summed E-state index contributed by atoms with van der Waals surface area (Å²) in [6.45, 7) is 3.87. The Labute approximate surface area is 283 Å². The maximum atomic E-state index is 13.8. The highest BCUT2D eigenvalue weighted by Gasteiger charge is 2.46. The second-order valence-corrected chi connectivity index (χ2v) is 16.2. The minimum absolute atomic E-state index is 0.0385. The molecule has 1 saturated carbocycles. The number of sulfone groups is 1. The predicted molar refractivity (Wildman–Crippen MR) is 183 cm³/mol. The van der Waals surface area contributed by atoms with E-state index in [1.165, 1.54) is 42.6 Å². The maximum absolute atomic E-state index is 13.8. The largest absolute Gasteiger partial charge is 0.489 e. The fourth-order valence-electron chi connectivity index (χ4n) is 7.18. The summed E-state index contributed by atoms with van der Waals surface area (Å²) in [5.74, 6) is 6.14. The standard InChI is InChI=1S/C35H42F3N3O5S2/c1-48(43,44)26-11-12-29(31(20-26)46-19-16-42)39-15-3-6-32-28(21-35(36,37)38)27-4-2-5-30(33(27)47-32)40-24-7-9-25(10-8-24)41-22-34(23-41)13-17-45-18-14-34/h2,4-5,11-12,20,24-25,39-40,42H,7-10,13-19,21-23H2,1H3. The van der Waals surface area contributed by atoms with Crippen LogP contribution in [0, 0.1) is 17.3 Å². The molecule has 1 aliphatic carbocycles. The van der Waals surface area contributed by atoms with Crippen LogP contribution in [0.2, 0.25) is 0 Å². The first kappa shape index (κ1) is 34.8. The molecule has 0 atom stereocenters. The third kappa shape index (κ3) is 8.22. The molecule has 48 heavy (non-hydrogen) atoms. The average Bonchev–Trinajstić information content (AvgIpc) is 3.38. The lowest BCUT2D eigenvalue weighted by Crippen LogP contribution is -2.62. The minimum Gasteiger partial charge on any atom is -0.489 e. The normalized spacial score (nSPS) is 21.4. The van der Waals surface area contributed by atoms with Gasteiger partial charge in [-0.2, -0.15) is 13.2 Å². The van der Waals surface area contributed by atoms with Gasteiger partial charge in [0.15, 0.2) is 9.84 Å². The summed E-state index contributed by atoms with van der Waals surface area (Å²) in [5.41, 5.74) is 1.93. The van der Waals surface area contributed by atoms with Gasteiger partial charge in [0.05, 0.1) is 45.4 Å². The van der Waals surface area contributed by atoms with Crippen molar-refractivity contribution in [3.8, 4) is 17.6 Å². The van der Waals surface area contributed by atoms with Gasteiger partial charge in [-0.3, -0.25) is 4.90 Å². The molecule has 6 rings (SSSR count). The Hall–Kier alpha value is -3.02. The summed E-state index contributed by atoms with van der Waals surface area (Å²) in [6.07, 6.45) is 2.18. The molecule has 3 N–H and O–H groups in total. The van der Waals surface area contributed by atoms with Crippen molar-refractivity contribution in [2.24, 2.45) is 5.41 Å². The Kier molecular flexibility index (Phi) is 10.5. The first-order chi connectivity index (χ1) is 22.9. The number of rotatable bonds is 10. The number of nitrogens with one attached hydrogen (secondary N) is 2. The van der Waals surface area contributed by atoms with Crippen molar-refractivity contribution in [3.05, 3.63) is 46.8 Å². The number of hydrogen-bond acceptors (Lipinski definition) is 9. The fourth-order valence-corrected chi connectivity index (χ4v) is 8.99. The van der Waals surface area contributed by atoms with Crippen LogP contribution in [-0.4, -0.2) is 89.0 Å². The SMILES string of the molecule is CS(=O)(=O)c1ccc(NCC#Cc2sc3c(NC4CCC(N5CC6(CCOCC6)C5)CC4)cccc3c2CC(F)(F)F)c(OCCO)c1. The number of hydrogen-bond donors (Lipinski definition) is 3. The van der Waals surface area contributed by atoms with Crippen LogP contribution in [0.3, 0.4) is 0 Å². The second-order valence-electron chi connectivity index (χ2n) is 13.2. The molecule has 13 heteroatoms. The molecular weight excluding hydrogens is 664 g/mol. The molecule has 3 fully saturated rings. The number of nitrogens with zero attached hydrogens (tertiary/aromatic N) is 1. The zero-order chi connectivity index (χ0) is 33.9. The van der Waals surface area contributed by atoms with E-state index in [0.717, 1.165) is 68.4 Å². The molecule has 3 aromatic rings. The Morgan fingerprint density at radius 1 is 1.10 bits per heavy atom. The summed E-state index contributed by atoms with van der Waals surface area (Å²) in [5, 5.41) is 16.5. The molecule has 2 aromatic carbocycles. The minimum atomic E-state index is -4.40. The molecule has 1 spiro atoms. The first-order valence-electron chi connectivity index (χ1n) is 16.4. The van der Waals surface area contributed by atoms with Gasteiger partial charge in [-0.05, 0) is 67.7 Å². The van der Waals surface area contributed by atoms with E-state index in [4.69, 9.17) is 9.47 Å². The van der Waals surface area contributed by atoms with Gasteiger partial charge in [-0.25, -0.2) is 8.42 Å². The van der Waals surface area contributed by atoms with Crippen molar-refractivity contribution in [1.82, 2.24) is 4.90 Å². The van der Waals surface area contributed by atoms with Crippen LogP contribution in [0.25, 0.3) is 10.1 Å². The molecule has 0 bridgehead atoms. The predicted octanol–water partition coefficient (Wildman–Crippen LogP) is 6.08. The lowest BCUT2D eigenvalue weighted by Gasteiger charge is -2.56. The van der Waals surface area contributed by atoms with E-state index >= 15 is 0 Å². The van der Waals surface area contributed by atoms with E-state index in [1.807, 2.05) is 12.1 Å². The van der Waals surface area contributed by atoms with E-state index < -0.39 is 22.4 Å². The Bertz CT molecular complexity index is 1760. The number of likely N-dealkylation sites (tertiary alicyclic amines) is 1. The van der Waals surface area contributed by atoms with Crippen LogP contribution >= 0.6 is 11.3 Å². The molecule has 260 valence electrons. The highest BCUT2D eigenvalue weighted by atomic mass is 32.2. The number of aliphatic hydroxyl groups is 1. The van der Waals surface area contributed by atoms with Gasteiger partial charge in [-0.1, -0.05) is 24.0 Å². The van der Waals surface area contributed by atoms with Crippen molar-refractivity contribution in [2.75, 3.05) is 63.0 Å². The summed E-state index contributed by atoms with van der Waals surface area (Å²) < 4.78 is 77.1. The molecule has 0 amide bonds. The van der Waals surface area contributed by atoms with Crippen LogP contribution in [0.15, 0.2) is 41.3 Å². The number of aliphatic hydroxyl groups excluding tert-OH is 1. The zero-order valence-corrected chi connectivity index (χ0v) is 28.6. The molecular formula is C35H42F3N3O5S2. The number of halogens is 3. The van der Waals surface area contributed by atoms with Gasteiger partial charge in [0, 0.05) is 56.1 Å². The van der Waals surface area contributed by atoms with Gasteiger partial charge in [0.25, 0.3) is 0 Å². The van der Waals surface area contributed by atoms with Crippen LogP contribution < -0.4 is 15.4 Å². The fraction of sp³-hybridized carbons (Fsp3) is 0.543. The quantitative estimate of drug-likeness (QED) is 0.219. The lowest BCUT2D eigenvalue weighted by molar-refractivity contribution is -0.126. The highest BCUT2D eigenvalue weighted by Crippen LogP contribution is 2.44. The number of ether oxygens (including phenoxy) is 2. The van der Waals surface area contributed by atoms with Crippen molar-refractivity contribution < 1.29 is 36.2 Å². The average molecular weight is 706 g/mol. The maximum Gasteiger partial charge on any atom is 0.393 e.